The molecular weight excluding hydrogens is 301 g/mol. The lowest BCUT2D eigenvalue weighted by Crippen LogP contribution is -2.48. The Kier molecular flexibility index (Phi) is 4.80. The Morgan fingerprint density at radius 2 is 2.41 bits per heavy atom. The van der Waals surface area contributed by atoms with Gasteiger partial charge in [-0.25, -0.2) is 9.37 Å². The number of carbonyl (C=O) groups excluding carboxylic acids is 1. The van der Waals surface area contributed by atoms with Crippen LogP contribution in [0.4, 0.5) is 4.39 Å². The summed E-state index contributed by atoms with van der Waals surface area (Å²) >= 11 is 1.57. The molecule has 1 N–H and O–H groups in total. The van der Waals surface area contributed by atoms with Crippen LogP contribution in [0.25, 0.3) is 0 Å². The molecule has 1 aliphatic heterocycles. The summed E-state index contributed by atoms with van der Waals surface area (Å²) in [4.78, 5) is 18.6. The molecule has 22 heavy (non-hydrogen) atoms. The van der Waals surface area contributed by atoms with Gasteiger partial charge in [-0.1, -0.05) is 12.1 Å². The third-order valence-electron chi connectivity index (χ3n) is 3.83. The maximum absolute atomic E-state index is 13.5. The normalized spacial score (nSPS) is 18.4. The van der Waals surface area contributed by atoms with Gasteiger partial charge in [-0.2, -0.15) is 0 Å². The van der Waals surface area contributed by atoms with Crippen LogP contribution in [0.15, 0.2) is 35.8 Å². The predicted molar refractivity (Wildman–Crippen MR) is 84.2 cm³/mol. The highest BCUT2D eigenvalue weighted by molar-refractivity contribution is 7.09. The molecule has 1 unspecified atom stereocenters. The van der Waals surface area contributed by atoms with Gasteiger partial charge in [-0.05, 0) is 17.7 Å². The van der Waals surface area contributed by atoms with E-state index in [1.54, 1.807) is 23.6 Å². The molecule has 0 spiro atoms. The molecule has 116 valence electrons. The fourth-order valence-electron chi connectivity index (χ4n) is 2.75. The van der Waals surface area contributed by atoms with Gasteiger partial charge in [0.05, 0.1) is 11.0 Å². The van der Waals surface area contributed by atoms with E-state index in [1.165, 1.54) is 12.1 Å². The number of aryl methyl sites for hydroxylation is 1. The molecule has 0 saturated carbocycles. The van der Waals surface area contributed by atoms with Crippen molar-refractivity contribution < 1.29 is 9.18 Å². The number of nitrogens with zero attached hydrogens (tertiary/aromatic N) is 2. The molecule has 0 radical (unpaired) electrons. The van der Waals surface area contributed by atoms with Crippen LogP contribution in [-0.2, 0) is 11.2 Å². The average Bonchev–Trinajstić information content (AvgIpc) is 3.06. The van der Waals surface area contributed by atoms with Crippen molar-refractivity contribution in [2.75, 3.05) is 19.6 Å². The Morgan fingerprint density at radius 3 is 3.18 bits per heavy atom. The second kappa shape index (κ2) is 6.98. The molecule has 4 nitrogen and oxygen atoms in total. The van der Waals surface area contributed by atoms with E-state index in [9.17, 15) is 9.18 Å². The third-order valence-corrected chi connectivity index (χ3v) is 4.67. The maximum Gasteiger partial charge on any atom is 0.223 e. The second-order valence-corrected chi connectivity index (χ2v) is 6.27. The SMILES string of the molecule is O=C(CCc1nccs1)N1CCNCC1c1cccc(F)c1. The standard InChI is InChI=1S/C16H18FN3OS/c17-13-3-1-2-12(10-13)14-11-18-6-8-20(14)16(21)5-4-15-19-7-9-22-15/h1-3,7,9-10,14,18H,4-6,8,11H2. The molecular formula is C16H18FN3OS. The van der Waals surface area contributed by atoms with Gasteiger partial charge in [0.15, 0.2) is 0 Å². The minimum atomic E-state index is -0.266. The lowest BCUT2D eigenvalue weighted by Gasteiger charge is -2.36. The Morgan fingerprint density at radius 1 is 1.50 bits per heavy atom. The van der Waals surface area contributed by atoms with Crippen LogP contribution in [0, 0.1) is 5.82 Å². The van der Waals surface area contributed by atoms with E-state index >= 15 is 0 Å². The van der Waals surface area contributed by atoms with Crippen molar-refractivity contribution in [3.63, 3.8) is 0 Å². The number of piperazine rings is 1. The average molecular weight is 319 g/mol. The number of nitrogens with one attached hydrogen (secondary N) is 1. The van der Waals surface area contributed by atoms with E-state index in [1.807, 2.05) is 16.3 Å². The number of halogens is 1. The van der Waals surface area contributed by atoms with Crippen molar-refractivity contribution >= 4 is 17.2 Å². The van der Waals surface area contributed by atoms with Crippen molar-refractivity contribution in [1.82, 2.24) is 15.2 Å². The van der Waals surface area contributed by atoms with Crippen LogP contribution in [0.2, 0.25) is 0 Å². The number of benzene rings is 1. The monoisotopic (exact) mass is 319 g/mol. The highest BCUT2D eigenvalue weighted by atomic mass is 32.1. The second-order valence-electron chi connectivity index (χ2n) is 5.29. The molecule has 1 fully saturated rings. The van der Waals surface area contributed by atoms with Gasteiger partial charge in [-0.3, -0.25) is 4.79 Å². The molecule has 2 heterocycles. The van der Waals surface area contributed by atoms with Gasteiger partial charge in [0, 0.05) is 44.1 Å². The zero-order valence-electron chi connectivity index (χ0n) is 12.2. The minimum Gasteiger partial charge on any atom is -0.333 e. The topological polar surface area (TPSA) is 45.2 Å². The van der Waals surface area contributed by atoms with Crippen LogP contribution < -0.4 is 5.32 Å². The highest BCUT2D eigenvalue weighted by Crippen LogP contribution is 2.24. The van der Waals surface area contributed by atoms with E-state index in [0.29, 0.717) is 25.9 Å². The first kappa shape index (κ1) is 15.1. The van der Waals surface area contributed by atoms with Crippen molar-refractivity contribution in [3.8, 4) is 0 Å². The Balaban J connectivity index is 1.70. The summed E-state index contributed by atoms with van der Waals surface area (Å²) in [6, 6.07) is 6.40. The first-order valence-corrected chi connectivity index (χ1v) is 8.26. The van der Waals surface area contributed by atoms with Crippen molar-refractivity contribution in [3.05, 3.63) is 52.2 Å². The Labute approximate surface area is 133 Å². The van der Waals surface area contributed by atoms with Crippen LogP contribution in [0.3, 0.4) is 0 Å². The fourth-order valence-corrected chi connectivity index (χ4v) is 3.37. The van der Waals surface area contributed by atoms with Crippen molar-refractivity contribution in [2.24, 2.45) is 0 Å². The number of hydrogen-bond donors (Lipinski definition) is 1. The van der Waals surface area contributed by atoms with Gasteiger partial charge < -0.3 is 10.2 Å². The van der Waals surface area contributed by atoms with Gasteiger partial charge in [-0.15, -0.1) is 11.3 Å². The summed E-state index contributed by atoms with van der Waals surface area (Å²) in [5.41, 5.74) is 0.842. The number of thiazole rings is 1. The number of hydrogen-bond acceptors (Lipinski definition) is 4. The van der Waals surface area contributed by atoms with E-state index in [-0.39, 0.29) is 17.8 Å². The van der Waals surface area contributed by atoms with E-state index in [4.69, 9.17) is 0 Å². The zero-order valence-corrected chi connectivity index (χ0v) is 13.0. The molecule has 1 saturated heterocycles. The molecule has 0 aliphatic carbocycles. The summed E-state index contributed by atoms with van der Waals surface area (Å²) < 4.78 is 13.5. The molecule has 1 amide bonds. The third kappa shape index (κ3) is 3.51. The summed E-state index contributed by atoms with van der Waals surface area (Å²) in [6.07, 6.45) is 2.86. The molecule has 1 aromatic carbocycles. The van der Waals surface area contributed by atoms with Gasteiger partial charge in [0.25, 0.3) is 0 Å². The van der Waals surface area contributed by atoms with Crippen LogP contribution in [0.1, 0.15) is 23.0 Å². The summed E-state index contributed by atoms with van der Waals surface area (Å²) in [5, 5.41) is 6.18. The van der Waals surface area contributed by atoms with E-state index in [2.05, 4.69) is 10.3 Å². The predicted octanol–water partition coefficient (Wildman–Crippen LogP) is 2.39. The van der Waals surface area contributed by atoms with Gasteiger partial charge in [0.2, 0.25) is 5.91 Å². The van der Waals surface area contributed by atoms with E-state index in [0.717, 1.165) is 17.1 Å². The molecule has 1 aromatic heterocycles. The maximum atomic E-state index is 13.5. The lowest BCUT2D eigenvalue weighted by atomic mass is 10.0. The highest BCUT2D eigenvalue weighted by Gasteiger charge is 2.27. The quantitative estimate of drug-likeness (QED) is 0.941. The molecule has 1 aliphatic rings. The number of aromatic nitrogens is 1. The molecule has 0 bridgehead atoms. The molecule has 2 aromatic rings. The number of amides is 1. The van der Waals surface area contributed by atoms with E-state index < -0.39 is 0 Å². The van der Waals surface area contributed by atoms with Crippen LogP contribution in [0.5, 0.6) is 0 Å². The number of rotatable bonds is 4. The lowest BCUT2D eigenvalue weighted by molar-refractivity contribution is -0.134. The van der Waals surface area contributed by atoms with Gasteiger partial charge >= 0.3 is 0 Å². The van der Waals surface area contributed by atoms with Crippen molar-refractivity contribution in [1.29, 1.82) is 0 Å². The fraction of sp³-hybridized carbons (Fsp3) is 0.375. The first-order chi connectivity index (χ1) is 10.7. The molecule has 1 atom stereocenters. The first-order valence-electron chi connectivity index (χ1n) is 7.38. The summed E-state index contributed by atoms with van der Waals surface area (Å²) in [5.74, 6) is -0.163. The summed E-state index contributed by atoms with van der Waals surface area (Å²) in [7, 11) is 0. The zero-order chi connectivity index (χ0) is 15.4. The van der Waals surface area contributed by atoms with Gasteiger partial charge in [0.1, 0.15) is 5.82 Å². The van der Waals surface area contributed by atoms with Crippen LogP contribution in [-0.4, -0.2) is 35.4 Å². The Hall–Kier alpha value is -1.79. The minimum absolute atomic E-state index is 0.103. The molecule has 3 rings (SSSR count). The van der Waals surface area contributed by atoms with Crippen LogP contribution >= 0.6 is 11.3 Å². The van der Waals surface area contributed by atoms with Crippen molar-refractivity contribution in [2.45, 2.75) is 18.9 Å². The summed E-state index contributed by atoms with van der Waals surface area (Å²) in [6.45, 7) is 2.08. The largest absolute Gasteiger partial charge is 0.333 e. The Bertz CT molecular complexity index is 632. The molecule has 6 heteroatoms. The smallest absolute Gasteiger partial charge is 0.223 e. The number of carbonyl (C=O) groups is 1.